The van der Waals surface area contributed by atoms with Crippen molar-refractivity contribution >= 4 is 11.9 Å². The first kappa shape index (κ1) is 17.7. The highest BCUT2D eigenvalue weighted by molar-refractivity contribution is 6.03. The molecule has 4 N–H and O–H groups in total. The minimum Gasteiger partial charge on any atom is -0.370 e. The maximum Gasteiger partial charge on any atom is 0.416 e. The number of nitrogens with two attached hydrogens (primary N) is 2. The fourth-order valence-electron chi connectivity index (χ4n) is 1.99. The highest BCUT2D eigenvalue weighted by atomic mass is 19.4. The summed E-state index contributed by atoms with van der Waals surface area (Å²) in [6, 6.07) is 2.15. The number of guanidine groups is 1. The molecule has 1 amide bonds. The molecule has 120 valence electrons. The summed E-state index contributed by atoms with van der Waals surface area (Å²) in [4.78, 5) is 15.1. The maximum absolute atomic E-state index is 13.2. The number of halogens is 3. The molecule has 0 saturated carbocycles. The summed E-state index contributed by atoms with van der Waals surface area (Å²) in [6.45, 7) is 3.44. The van der Waals surface area contributed by atoms with Crippen LogP contribution in [0.1, 0.15) is 40.4 Å². The van der Waals surface area contributed by atoms with E-state index in [1.807, 2.05) is 6.92 Å². The van der Waals surface area contributed by atoms with E-state index in [1.165, 1.54) is 6.07 Å². The van der Waals surface area contributed by atoms with Gasteiger partial charge in [0.1, 0.15) is 0 Å². The Balaban J connectivity index is 3.38. The van der Waals surface area contributed by atoms with E-state index < -0.39 is 23.6 Å². The molecule has 0 aliphatic heterocycles. The van der Waals surface area contributed by atoms with Crippen molar-refractivity contribution in [1.29, 1.82) is 0 Å². The Morgan fingerprint density at radius 3 is 2.41 bits per heavy atom. The molecule has 0 radical (unpaired) electrons. The van der Waals surface area contributed by atoms with Gasteiger partial charge in [-0.25, -0.2) is 0 Å². The number of benzene rings is 1. The molecule has 22 heavy (non-hydrogen) atoms. The van der Waals surface area contributed by atoms with Gasteiger partial charge in [-0.05, 0) is 37.0 Å². The number of nitrogens with zero attached hydrogens (tertiary/aromatic N) is 1. The van der Waals surface area contributed by atoms with E-state index in [9.17, 15) is 18.0 Å². The third-order valence-electron chi connectivity index (χ3n) is 2.96. The summed E-state index contributed by atoms with van der Waals surface area (Å²) in [5, 5.41) is 0. The van der Waals surface area contributed by atoms with E-state index in [-0.39, 0.29) is 17.5 Å². The zero-order valence-electron chi connectivity index (χ0n) is 12.4. The van der Waals surface area contributed by atoms with Crippen molar-refractivity contribution in [3.8, 4) is 0 Å². The molecule has 0 unspecified atom stereocenters. The largest absolute Gasteiger partial charge is 0.416 e. The van der Waals surface area contributed by atoms with Crippen molar-refractivity contribution < 1.29 is 18.0 Å². The predicted octanol–water partition coefficient (Wildman–Crippen LogP) is 2.94. The lowest BCUT2D eigenvalue weighted by molar-refractivity contribution is -0.138. The molecule has 0 fully saturated rings. The van der Waals surface area contributed by atoms with Crippen LogP contribution in [0.4, 0.5) is 13.2 Å². The van der Waals surface area contributed by atoms with Crippen LogP contribution in [0.5, 0.6) is 0 Å². The summed E-state index contributed by atoms with van der Waals surface area (Å²) in [6.07, 6.45) is -0.229. The first-order valence-corrected chi connectivity index (χ1v) is 6.66. The number of rotatable bonds is 4. The second kappa shape index (κ2) is 7.11. The molecule has 0 aliphatic rings. The number of amides is 1. The average molecular weight is 313 g/mol. The molecule has 1 aromatic rings. The third kappa shape index (κ3) is 4.61. The zero-order valence-corrected chi connectivity index (χ0v) is 12.4. The van der Waals surface area contributed by atoms with E-state index in [0.29, 0.717) is 5.56 Å². The minimum atomic E-state index is -4.56. The summed E-state index contributed by atoms with van der Waals surface area (Å²) < 4.78 is 39.5. The lowest BCUT2D eigenvalue weighted by Crippen LogP contribution is -2.24. The van der Waals surface area contributed by atoms with Gasteiger partial charge in [0.05, 0.1) is 5.56 Å². The number of hydrogen-bond acceptors (Lipinski definition) is 1. The van der Waals surface area contributed by atoms with Crippen LogP contribution in [-0.4, -0.2) is 11.9 Å². The molecule has 1 aromatic carbocycles. The van der Waals surface area contributed by atoms with Gasteiger partial charge in [0.15, 0.2) is 5.96 Å². The highest BCUT2D eigenvalue weighted by Crippen LogP contribution is 2.34. The van der Waals surface area contributed by atoms with Gasteiger partial charge in [-0.3, -0.25) is 4.79 Å². The minimum absolute atomic E-state index is 0.107. The monoisotopic (exact) mass is 313 g/mol. The Kier molecular flexibility index (Phi) is 5.73. The standard InChI is InChI=1S/C15H18F3N3O/c1-3-4-5-6-10-7-9(2)11(13(22)21-14(19)20)8-12(10)15(16,17)18/h4-5,7-8H,3,6H2,1-2H3,(H4,19,20,21,22). The van der Waals surface area contributed by atoms with Crippen LogP contribution >= 0.6 is 0 Å². The fraction of sp³-hybridized carbons (Fsp3) is 0.333. The molecule has 0 spiro atoms. The second-order valence-corrected chi connectivity index (χ2v) is 4.75. The lowest BCUT2D eigenvalue weighted by Gasteiger charge is -2.15. The van der Waals surface area contributed by atoms with E-state index in [1.54, 1.807) is 19.1 Å². The Morgan fingerprint density at radius 2 is 1.91 bits per heavy atom. The Bertz CT molecular complexity index is 615. The molecule has 7 heteroatoms. The van der Waals surface area contributed by atoms with Gasteiger partial charge in [-0.2, -0.15) is 18.2 Å². The van der Waals surface area contributed by atoms with Crippen LogP contribution in [0.2, 0.25) is 0 Å². The number of carbonyl (C=O) groups excluding carboxylic acids is 1. The first-order chi connectivity index (χ1) is 10.2. The van der Waals surface area contributed by atoms with Crippen molar-refractivity contribution in [3.63, 3.8) is 0 Å². The van der Waals surface area contributed by atoms with Crippen LogP contribution in [-0.2, 0) is 12.6 Å². The molecular weight excluding hydrogens is 295 g/mol. The van der Waals surface area contributed by atoms with Gasteiger partial charge >= 0.3 is 6.18 Å². The SMILES string of the molecule is CCC=CCc1cc(C)c(C(=O)N=C(N)N)cc1C(F)(F)F. The Labute approximate surface area is 126 Å². The van der Waals surface area contributed by atoms with Crippen molar-refractivity contribution in [2.45, 2.75) is 32.9 Å². The van der Waals surface area contributed by atoms with Crippen LogP contribution in [0.25, 0.3) is 0 Å². The Hall–Kier alpha value is -2.31. The average Bonchev–Trinajstić information content (AvgIpc) is 2.36. The lowest BCUT2D eigenvalue weighted by atomic mass is 9.96. The molecule has 0 atom stereocenters. The van der Waals surface area contributed by atoms with Crippen molar-refractivity contribution in [2.75, 3.05) is 0 Å². The van der Waals surface area contributed by atoms with E-state index in [2.05, 4.69) is 4.99 Å². The van der Waals surface area contributed by atoms with Crippen LogP contribution in [0, 0.1) is 6.92 Å². The van der Waals surface area contributed by atoms with E-state index >= 15 is 0 Å². The van der Waals surface area contributed by atoms with Gasteiger partial charge in [0.25, 0.3) is 5.91 Å². The fourth-order valence-corrected chi connectivity index (χ4v) is 1.99. The molecule has 4 nitrogen and oxygen atoms in total. The topological polar surface area (TPSA) is 81.5 Å². The number of carbonyl (C=O) groups is 1. The van der Waals surface area contributed by atoms with Crippen molar-refractivity contribution in [1.82, 2.24) is 0 Å². The molecule has 0 aliphatic carbocycles. The molecule has 0 heterocycles. The normalized spacial score (nSPS) is 11.7. The van der Waals surface area contributed by atoms with Crippen molar-refractivity contribution in [2.24, 2.45) is 16.5 Å². The summed E-state index contributed by atoms with van der Waals surface area (Å²) in [5.74, 6) is -1.38. The summed E-state index contributed by atoms with van der Waals surface area (Å²) in [5.41, 5.74) is 9.66. The van der Waals surface area contributed by atoms with Gasteiger partial charge in [0.2, 0.25) is 0 Å². The smallest absolute Gasteiger partial charge is 0.370 e. The van der Waals surface area contributed by atoms with Gasteiger partial charge in [-0.15, -0.1) is 0 Å². The van der Waals surface area contributed by atoms with Gasteiger partial charge in [0, 0.05) is 5.56 Å². The van der Waals surface area contributed by atoms with E-state index in [0.717, 1.165) is 12.5 Å². The third-order valence-corrected chi connectivity index (χ3v) is 2.96. The highest BCUT2D eigenvalue weighted by Gasteiger charge is 2.34. The van der Waals surface area contributed by atoms with Gasteiger partial charge < -0.3 is 11.5 Å². The molecule has 1 rings (SSSR count). The molecule has 0 bridgehead atoms. The van der Waals surface area contributed by atoms with Crippen LogP contribution < -0.4 is 11.5 Å². The first-order valence-electron chi connectivity index (χ1n) is 6.66. The van der Waals surface area contributed by atoms with Crippen molar-refractivity contribution in [3.05, 3.63) is 46.5 Å². The molecular formula is C15H18F3N3O. The summed E-state index contributed by atoms with van der Waals surface area (Å²) in [7, 11) is 0. The number of hydrogen-bond donors (Lipinski definition) is 2. The van der Waals surface area contributed by atoms with E-state index in [4.69, 9.17) is 11.5 Å². The summed E-state index contributed by atoms with van der Waals surface area (Å²) >= 11 is 0. The van der Waals surface area contributed by atoms with Crippen LogP contribution in [0.15, 0.2) is 29.3 Å². The predicted molar refractivity (Wildman–Crippen MR) is 79.5 cm³/mol. The maximum atomic E-state index is 13.2. The van der Waals surface area contributed by atoms with Gasteiger partial charge in [-0.1, -0.05) is 25.1 Å². The zero-order chi connectivity index (χ0) is 16.9. The Morgan fingerprint density at radius 1 is 1.27 bits per heavy atom. The molecule has 0 aromatic heterocycles. The van der Waals surface area contributed by atoms with Crippen LogP contribution in [0.3, 0.4) is 0 Å². The number of allylic oxidation sites excluding steroid dienone is 2. The number of aryl methyl sites for hydroxylation is 1. The number of aliphatic imine (C=N–C) groups is 1. The second-order valence-electron chi connectivity index (χ2n) is 4.75. The quantitative estimate of drug-likeness (QED) is 0.509. The molecule has 0 saturated heterocycles. The number of alkyl halides is 3.